The van der Waals surface area contributed by atoms with Gasteiger partial charge in [0.15, 0.2) is 0 Å². The third-order valence-electron chi connectivity index (χ3n) is 3.25. The van der Waals surface area contributed by atoms with E-state index in [1.807, 2.05) is 0 Å². The van der Waals surface area contributed by atoms with Gasteiger partial charge < -0.3 is 10.6 Å². The Morgan fingerprint density at radius 3 is 1.93 bits per heavy atom. The summed E-state index contributed by atoms with van der Waals surface area (Å²) in [6, 6.07) is 0. The lowest BCUT2D eigenvalue weighted by Crippen LogP contribution is -2.40. The van der Waals surface area contributed by atoms with Crippen molar-refractivity contribution in [3.63, 3.8) is 0 Å². The van der Waals surface area contributed by atoms with Crippen LogP contribution in [0.1, 0.15) is 40.0 Å². The van der Waals surface area contributed by atoms with Crippen LogP contribution in [0.4, 0.5) is 0 Å². The zero-order valence-corrected chi connectivity index (χ0v) is 11.2. The van der Waals surface area contributed by atoms with Crippen LogP contribution in [0.2, 0.25) is 0 Å². The molecule has 0 aromatic carbocycles. The summed E-state index contributed by atoms with van der Waals surface area (Å²) in [5.41, 5.74) is 0.295. The molecule has 1 amide bonds. The minimum atomic E-state index is 0. The van der Waals surface area contributed by atoms with Gasteiger partial charge in [-0.15, -0.1) is 12.4 Å². The van der Waals surface area contributed by atoms with Gasteiger partial charge >= 0.3 is 0 Å². The topological polar surface area (TPSA) is 41.1 Å². The van der Waals surface area contributed by atoms with E-state index in [0.29, 0.717) is 12.0 Å². The van der Waals surface area contributed by atoms with Crippen molar-refractivity contribution in [1.82, 2.24) is 10.6 Å². The van der Waals surface area contributed by atoms with Crippen LogP contribution >= 0.6 is 12.4 Å². The molecule has 0 radical (unpaired) electrons. The second-order valence-corrected chi connectivity index (χ2v) is 3.87. The number of halogens is 1. The fraction of sp³-hybridized carbons (Fsp3) is 0.909. The largest absolute Gasteiger partial charge is 0.354 e. The van der Waals surface area contributed by atoms with Crippen molar-refractivity contribution in [2.24, 2.45) is 5.41 Å². The smallest absolute Gasteiger partial charge is 0.233 e. The lowest BCUT2D eigenvalue weighted by atomic mass is 9.80. The van der Waals surface area contributed by atoms with E-state index in [4.69, 9.17) is 0 Å². The Labute approximate surface area is 99.8 Å². The van der Waals surface area contributed by atoms with E-state index in [2.05, 4.69) is 31.4 Å². The summed E-state index contributed by atoms with van der Waals surface area (Å²) in [6.45, 7) is 7.79. The molecule has 0 unspecified atom stereocenters. The molecule has 0 fully saturated rings. The van der Waals surface area contributed by atoms with Crippen molar-refractivity contribution in [3.8, 4) is 0 Å². The molecule has 4 heteroatoms. The molecule has 0 aliphatic carbocycles. The molecule has 15 heavy (non-hydrogen) atoms. The zero-order chi connectivity index (χ0) is 11.0. The van der Waals surface area contributed by atoms with Gasteiger partial charge in [0.25, 0.3) is 0 Å². The number of likely N-dealkylation sites (N-methyl/N-ethyl adjacent to an activating group) is 1. The maximum atomic E-state index is 11.3. The van der Waals surface area contributed by atoms with Crippen molar-refractivity contribution < 1.29 is 4.79 Å². The molecule has 0 bridgehead atoms. The number of hydrogen-bond donors (Lipinski definition) is 2. The third kappa shape index (κ3) is 6.00. The Morgan fingerprint density at radius 1 is 1.13 bits per heavy atom. The molecule has 0 saturated carbocycles. The highest BCUT2D eigenvalue weighted by Gasteiger charge is 2.23. The van der Waals surface area contributed by atoms with Gasteiger partial charge in [0.05, 0.1) is 6.54 Å². The molecule has 2 N–H and O–H groups in total. The van der Waals surface area contributed by atoms with Crippen LogP contribution in [0.5, 0.6) is 0 Å². The van der Waals surface area contributed by atoms with Crippen molar-refractivity contribution in [3.05, 3.63) is 0 Å². The Hall–Kier alpha value is -0.280. The van der Waals surface area contributed by atoms with E-state index in [1.165, 1.54) is 0 Å². The number of nitrogens with one attached hydrogen (secondary N) is 2. The molecule has 0 aromatic heterocycles. The zero-order valence-electron chi connectivity index (χ0n) is 10.4. The van der Waals surface area contributed by atoms with Crippen LogP contribution < -0.4 is 10.6 Å². The Bertz CT molecular complexity index is 162. The highest BCUT2D eigenvalue weighted by atomic mass is 35.5. The fourth-order valence-corrected chi connectivity index (χ4v) is 1.63. The lowest BCUT2D eigenvalue weighted by molar-refractivity contribution is -0.120. The van der Waals surface area contributed by atoms with Gasteiger partial charge in [0.2, 0.25) is 5.91 Å². The molecule has 0 aromatic rings. The number of amides is 1. The van der Waals surface area contributed by atoms with E-state index in [9.17, 15) is 4.79 Å². The first-order valence-corrected chi connectivity index (χ1v) is 5.55. The van der Waals surface area contributed by atoms with Crippen molar-refractivity contribution in [2.45, 2.75) is 40.0 Å². The summed E-state index contributed by atoms with van der Waals surface area (Å²) in [5.74, 6) is 0.0900. The Kier molecular flexibility index (Phi) is 10.3. The molecule has 92 valence electrons. The van der Waals surface area contributed by atoms with Crippen LogP contribution in [0.3, 0.4) is 0 Å². The van der Waals surface area contributed by atoms with E-state index >= 15 is 0 Å². The predicted molar refractivity (Wildman–Crippen MR) is 67.5 cm³/mol. The van der Waals surface area contributed by atoms with Crippen LogP contribution in [-0.2, 0) is 4.79 Å². The lowest BCUT2D eigenvalue weighted by Gasteiger charge is -2.30. The maximum absolute atomic E-state index is 11.3. The summed E-state index contributed by atoms with van der Waals surface area (Å²) in [7, 11) is 1.78. The van der Waals surface area contributed by atoms with Crippen molar-refractivity contribution >= 4 is 18.3 Å². The predicted octanol–water partition coefficient (Wildman–Crippen LogP) is 1.96. The van der Waals surface area contributed by atoms with Gasteiger partial charge in [-0.3, -0.25) is 4.79 Å². The number of hydrogen-bond acceptors (Lipinski definition) is 2. The SMILES string of the molecule is CCC(CC)(CC)CNC(=O)CNC.Cl. The minimum absolute atomic E-state index is 0. The average molecular weight is 237 g/mol. The van der Waals surface area contributed by atoms with Crippen LogP contribution in [-0.4, -0.2) is 26.0 Å². The molecule has 0 rings (SSSR count). The highest BCUT2D eigenvalue weighted by Crippen LogP contribution is 2.28. The minimum Gasteiger partial charge on any atom is -0.354 e. The first-order chi connectivity index (χ1) is 6.64. The molecule has 0 atom stereocenters. The molecule has 0 spiro atoms. The van der Waals surface area contributed by atoms with Gasteiger partial charge in [-0.25, -0.2) is 0 Å². The second kappa shape index (κ2) is 8.98. The molecular formula is C11H25ClN2O. The maximum Gasteiger partial charge on any atom is 0.233 e. The monoisotopic (exact) mass is 236 g/mol. The van der Waals surface area contributed by atoms with Crippen molar-refractivity contribution in [1.29, 1.82) is 0 Å². The van der Waals surface area contributed by atoms with E-state index in [0.717, 1.165) is 25.8 Å². The fourth-order valence-electron chi connectivity index (χ4n) is 1.63. The number of carbonyl (C=O) groups excluding carboxylic acids is 1. The summed E-state index contributed by atoms with van der Waals surface area (Å²) in [4.78, 5) is 11.3. The van der Waals surface area contributed by atoms with E-state index < -0.39 is 0 Å². The first kappa shape index (κ1) is 17.1. The summed E-state index contributed by atoms with van der Waals surface area (Å²) in [5, 5.41) is 5.82. The molecule has 0 saturated heterocycles. The van der Waals surface area contributed by atoms with Gasteiger partial charge in [-0.2, -0.15) is 0 Å². The van der Waals surface area contributed by atoms with Crippen LogP contribution in [0.25, 0.3) is 0 Å². The Morgan fingerprint density at radius 2 is 1.60 bits per heavy atom. The second-order valence-electron chi connectivity index (χ2n) is 3.87. The quantitative estimate of drug-likeness (QED) is 0.710. The number of rotatable bonds is 7. The van der Waals surface area contributed by atoms with Gasteiger partial charge in [-0.1, -0.05) is 20.8 Å². The van der Waals surface area contributed by atoms with Crippen LogP contribution in [0.15, 0.2) is 0 Å². The van der Waals surface area contributed by atoms with E-state index in [1.54, 1.807) is 7.05 Å². The van der Waals surface area contributed by atoms with Crippen molar-refractivity contribution in [2.75, 3.05) is 20.1 Å². The average Bonchev–Trinajstić information content (AvgIpc) is 2.21. The Balaban J connectivity index is 0. The molecule has 0 heterocycles. The molecule has 0 aliphatic heterocycles. The van der Waals surface area contributed by atoms with Gasteiger partial charge in [0, 0.05) is 6.54 Å². The third-order valence-corrected chi connectivity index (χ3v) is 3.25. The summed E-state index contributed by atoms with van der Waals surface area (Å²) < 4.78 is 0. The normalized spacial score (nSPS) is 10.7. The first-order valence-electron chi connectivity index (χ1n) is 5.55. The summed E-state index contributed by atoms with van der Waals surface area (Å²) >= 11 is 0. The standard InChI is InChI=1S/C11H24N2O.ClH/c1-5-11(6-2,7-3)9-13-10(14)8-12-4;/h12H,5-9H2,1-4H3,(H,13,14);1H. The number of carbonyl (C=O) groups is 1. The van der Waals surface area contributed by atoms with Gasteiger partial charge in [-0.05, 0) is 31.7 Å². The van der Waals surface area contributed by atoms with Gasteiger partial charge in [0.1, 0.15) is 0 Å². The molecular weight excluding hydrogens is 212 g/mol. The summed E-state index contributed by atoms with van der Waals surface area (Å²) in [6.07, 6.45) is 3.37. The molecule has 0 aliphatic rings. The van der Waals surface area contributed by atoms with E-state index in [-0.39, 0.29) is 18.3 Å². The highest BCUT2D eigenvalue weighted by molar-refractivity contribution is 5.85. The van der Waals surface area contributed by atoms with Crippen LogP contribution in [0, 0.1) is 5.41 Å². The molecule has 3 nitrogen and oxygen atoms in total.